The zero-order valence-corrected chi connectivity index (χ0v) is 15.4. The van der Waals surface area contributed by atoms with Crippen LogP contribution in [0.15, 0.2) is 24.4 Å². The molecule has 5 nitrogen and oxygen atoms in total. The Hall–Kier alpha value is -1.66. The van der Waals surface area contributed by atoms with Crippen molar-refractivity contribution in [1.82, 2.24) is 9.55 Å². The van der Waals surface area contributed by atoms with Crippen molar-refractivity contribution in [3.63, 3.8) is 0 Å². The fourth-order valence-electron chi connectivity index (χ4n) is 4.29. The van der Waals surface area contributed by atoms with E-state index in [0.29, 0.717) is 12.3 Å². The van der Waals surface area contributed by atoms with E-state index in [1.165, 1.54) is 41.1 Å². The van der Waals surface area contributed by atoms with Crippen molar-refractivity contribution in [2.75, 3.05) is 0 Å². The fourth-order valence-corrected chi connectivity index (χ4v) is 4.83. The summed E-state index contributed by atoms with van der Waals surface area (Å²) in [5, 5.41) is 4.80. The van der Waals surface area contributed by atoms with Crippen molar-refractivity contribution in [2.24, 2.45) is 11.1 Å². The van der Waals surface area contributed by atoms with Crippen molar-refractivity contribution in [2.45, 2.75) is 57.2 Å². The molecule has 0 fully saturated rings. The monoisotopic (exact) mass is 359 g/mol. The topological polar surface area (TPSA) is 78.0 Å². The smallest absolute Gasteiger partial charge is 0.211 e. The number of benzene rings is 1. The third-order valence-electron chi connectivity index (χ3n) is 5.72. The summed E-state index contributed by atoms with van der Waals surface area (Å²) in [6.45, 7) is 2.76. The summed E-state index contributed by atoms with van der Waals surface area (Å²) < 4.78 is 25.4. The summed E-state index contributed by atoms with van der Waals surface area (Å²) in [5.41, 5.74) is 5.11. The Balaban J connectivity index is 1.55. The Morgan fingerprint density at radius 2 is 2.08 bits per heavy atom. The molecule has 2 aliphatic rings. The zero-order valence-electron chi connectivity index (χ0n) is 14.6. The lowest BCUT2D eigenvalue weighted by Crippen LogP contribution is -2.28. The van der Waals surface area contributed by atoms with Crippen molar-refractivity contribution in [1.29, 1.82) is 0 Å². The zero-order chi connectivity index (χ0) is 17.6. The predicted molar refractivity (Wildman–Crippen MR) is 98.7 cm³/mol. The van der Waals surface area contributed by atoms with E-state index in [1.54, 1.807) is 6.92 Å². The Morgan fingerprint density at radius 1 is 1.28 bits per heavy atom. The van der Waals surface area contributed by atoms with E-state index < -0.39 is 15.3 Å². The second-order valence-electron chi connectivity index (χ2n) is 7.56. The summed E-state index contributed by atoms with van der Waals surface area (Å²) >= 11 is 0. The van der Waals surface area contributed by atoms with Crippen LogP contribution < -0.4 is 5.14 Å². The molecule has 0 spiro atoms. The minimum Gasteiger partial charge on any atom is -0.328 e. The molecule has 0 saturated heterocycles. The third kappa shape index (κ3) is 3.25. The second-order valence-corrected chi connectivity index (χ2v) is 9.54. The minimum absolute atomic E-state index is 0.359. The molecule has 1 aromatic heterocycles. The molecule has 2 atom stereocenters. The molecule has 1 aromatic carbocycles. The normalized spacial score (nSPS) is 21.0. The molecule has 6 heteroatoms. The summed E-state index contributed by atoms with van der Waals surface area (Å²) in [7, 11) is -3.44. The quantitative estimate of drug-likeness (QED) is 0.911. The first-order chi connectivity index (χ1) is 11.9. The van der Waals surface area contributed by atoms with E-state index in [4.69, 9.17) is 5.14 Å². The Kier molecular flexibility index (Phi) is 4.20. The molecule has 2 N–H and O–H groups in total. The first kappa shape index (κ1) is 16.8. The van der Waals surface area contributed by atoms with E-state index in [9.17, 15) is 8.42 Å². The molecule has 1 unspecified atom stereocenters. The van der Waals surface area contributed by atoms with Gasteiger partial charge in [-0.1, -0.05) is 12.1 Å². The average molecular weight is 359 g/mol. The molecule has 0 radical (unpaired) electrons. The van der Waals surface area contributed by atoms with Crippen molar-refractivity contribution < 1.29 is 8.42 Å². The van der Waals surface area contributed by atoms with Crippen LogP contribution in [-0.4, -0.2) is 23.2 Å². The molecular weight excluding hydrogens is 334 g/mol. The van der Waals surface area contributed by atoms with Crippen LogP contribution in [0.25, 0.3) is 11.3 Å². The summed E-state index contributed by atoms with van der Waals surface area (Å²) in [4.78, 5) is 4.59. The highest BCUT2D eigenvalue weighted by Crippen LogP contribution is 2.34. The molecule has 4 rings (SSSR count). The standard InChI is InChI=1S/C19H25N3O2S/c1-13(25(20,23)24)8-14-9-15-5-6-16(11-17(15)10-14)18-12-21-19-4-2-3-7-22(18)19/h5-6,11-14H,2-4,7-10H2,1H3,(H2,20,23,24)/t13?,14-/m0/s1. The Bertz CT molecular complexity index is 901. The molecular formula is C19H25N3O2S. The van der Waals surface area contributed by atoms with Gasteiger partial charge in [0.25, 0.3) is 0 Å². The highest BCUT2D eigenvalue weighted by atomic mass is 32.2. The maximum atomic E-state index is 11.5. The van der Waals surface area contributed by atoms with Gasteiger partial charge in [0, 0.05) is 18.5 Å². The number of rotatable bonds is 4. The lowest BCUT2D eigenvalue weighted by atomic mass is 10.0. The number of imidazole rings is 1. The highest BCUT2D eigenvalue weighted by molar-refractivity contribution is 7.89. The van der Waals surface area contributed by atoms with Crippen LogP contribution in [0.4, 0.5) is 0 Å². The van der Waals surface area contributed by atoms with Gasteiger partial charge in [0.05, 0.1) is 17.1 Å². The number of hydrogen-bond acceptors (Lipinski definition) is 3. The first-order valence-corrected chi connectivity index (χ1v) is 10.7. The van der Waals surface area contributed by atoms with E-state index in [2.05, 4.69) is 27.8 Å². The fraction of sp³-hybridized carbons (Fsp3) is 0.526. The van der Waals surface area contributed by atoms with Crippen molar-refractivity contribution in [3.8, 4) is 11.3 Å². The van der Waals surface area contributed by atoms with Crippen LogP contribution in [0.2, 0.25) is 0 Å². The van der Waals surface area contributed by atoms with Gasteiger partial charge in [-0.2, -0.15) is 0 Å². The van der Waals surface area contributed by atoms with Crippen LogP contribution in [0.1, 0.15) is 43.1 Å². The van der Waals surface area contributed by atoms with E-state index in [0.717, 1.165) is 25.8 Å². The number of fused-ring (bicyclic) bond motifs is 2. The number of primary sulfonamides is 1. The molecule has 1 aliphatic heterocycles. The lowest BCUT2D eigenvalue weighted by Gasteiger charge is -2.16. The summed E-state index contributed by atoms with van der Waals surface area (Å²) in [6.07, 6.45) is 8.02. The van der Waals surface area contributed by atoms with Gasteiger partial charge < -0.3 is 4.57 Å². The number of aryl methyl sites for hydroxylation is 1. The Labute approximate surface area is 149 Å². The van der Waals surface area contributed by atoms with Gasteiger partial charge >= 0.3 is 0 Å². The van der Waals surface area contributed by atoms with Gasteiger partial charge in [0.2, 0.25) is 10.0 Å². The molecule has 25 heavy (non-hydrogen) atoms. The first-order valence-electron chi connectivity index (χ1n) is 9.10. The number of hydrogen-bond donors (Lipinski definition) is 1. The van der Waals surface area contributed by atoms with Crippen molar-refractivity contribution >= 4 is 10.0 Å². The molecule has 0 amide bonds. The molecule has 2 aromatic rings. The molecule has 1 aliphatic carbocycles. The van der Waals surface area contributed by atoms with Crippen LogP contribution in [-0.2, 0) is 35.8 Å². The van der Waals surface area contributed by atoms with Gasteiger partial charge in [-0.25, -0.2) is 18.5 Å². The SMILES string of the molecule is CC(C[C@H]1Cc2ccc(-c3cnc4n3CCCC4)cc2C1)S(N)(=O)=O. The number of nitrogens with two attached hydrogens (primary N) is 1. The van der Waals surface area contributed by atoms with E-state index >= 15 is 0 Å². The number of nitrogens with zero attached hydrogens (tertiary/aromatic N) is 2. The van der Waals surface area contributed by atoms with Gasteiger partial charge in [-0.15, -0.1) is 0 Å². The van der Waals surface area contributed by atoms with E-state index in [1.807, 2.05) is 6.20 Å². The molecule has 134 valence electrons. The van der Waals surface area contributed by atoms with Crippen LogP contribution in [0.3, 0.4) is 0 Å². The maximum Gasteiger partial charge on any atom is 0.211 e. The van der Waals surface area contributed by atoms with Gasteiger partial charge in [0.1, 0.15) is 5.82 Å². The number of sulfonamides is 1. The van der Waals surface area contributed by atoms with E-state index in [-0.39, 0.29) is 0 Å². The summed E-state index contributed by atoms with van der Waals surface area (Å²) in [6, 6.07) is 6.66. The van der Waals surface area contributed by atoms with Gasteiger partial charge in [0.15, 0.2) is 0 Å². The lowest BCUT2D eigenvalue weighted by molar-refractivity contribution is 0.493. The Morgan fingerprint density at radius 3 is 2.88 bits per heavy atom. The highest BCUT2D eigenvalue weighted by Gasteiger charge is 2.27. The van der Waals surface area contributed by atoms with Crippen LogP contribution >= 0.6 is 0 Å². The minimum atomic E-state index is -3.44. The maximum absolute atomic E-state index is 11.5. The molecule has 0 saturated carbocycles. The summed E-state index contributed by atoms with van der Waals surface area (Å²) in [5.74, 6) is 1.56. The largest absolute Gasteiger partial charge is 0.328 e. The number of aromatic nitrogens is 2. The van der Waals surface area contributed by atoms with Gasteiger partial charge in [-0.3, -0.25) is 0 Å². The average Bonchev–Trinajstić information content (AvgIpc) is 3.16. The molecule has 2 heterocycles. The van der Waals surface area contributed by atoms with Gasteiger partial charge in [-0.05, 0) is 62.1 Å². The second kappa shape index (κ2) is 6.25. The third-order valence-corrected chi connectivity index (χ3v) is 7.03. The van der Waals surface area contributed by atoms with Crippen molar-refractivity contribution in [3.05, 3.63) is 41.3 Å². The van der Waals surface area contributed by atoms with Crippen LogP contribution in [0, 0.1) is 5.92 Å². The predicted octanol–water partition coefficient (Wildman–Crippen LogP) is 2.67. The molecule has 0 bridgehead atoms. The van der Waals surface area contributed by atoms with Crippen LogP contribution in [0.5, 0.6) is 0 Å².